The summed E-state index contributed by atoms with van der Waals surface area (Å²) < 4.78 is 16.9. The Bertz CT molecular complexity index is 943. The third-order valence-electron chi connectivity index (χ3n) is 7.17. The van der Waals surface area contributed by atoms with Gasteiger partial charge in [-0.05, 0) is 57.8 Å². The van der Waals surface area contributed by atoms with Gasteiger partial charge in [-0.1, -0.05) is 93.9 Å². The molecule has 0 saturated heterocycles. The van der Waals surface area contributed by atoms with Crippen LogP contribution in [0, 0.1) is 0 Å². The van der Waals surface area contributed by atoms with Crippen molar-refractivity contribution < 1.29 is 38.2 Å². The Morgan fingerprint density at radius 3 is 1.93 bits per heavy atom. The molecule has 0 aromatic rings. The Labute approximate surface area is 279 Å². The standard InChI is InChI=1S/C38H63NO7/c1-6-8-10-12-14-16-18-20-22-24-26-28-36(40)45-33-34(32-44-31-30-35(38(42)43)39(3,4)5)46-37(41)29-27-25-23-21-19-17-15-13-11-9-7-2/h8,10,13-17,19-20,22,34-35H,6-7,9,11-12,18,21,23-33H2,1-5H3/b10-8+,15-13+,16-14+,19-17+,22-20+. The summed E-state index contributed by atoms with van der Waals surface area (Å²) >= 11 is 0. The van der Waals surface area contributed by atoms with E-state index in [-0.39, 0.29) is 55.5 Å². The highest BCUT2D eigenvalue weighted by Crippen LogP contribution is 2.10. The molecular weight excluding hydrogens is 582 g/mol. The number of quaternary nitrogens is 1. The van der Waals surface area contributed by atoms with E-state index < -0.39 is 18.1 Å². The fourth-order valence-electron chi connectivity index (χ4n) is 4.42. The zero-order valence-electron chi connectivity index (χ0n) is 29.5. The molecule has 0 rings (SSSR count). The van der Waals surface area contributed by atoms with Crippen molar-refractivity contribution in [1.29, 1.82) is 0 Å². The highest BCUT2D eigenvalue weighted by molar-refractivity contribution is 5.70. The summed E-state index contributed by atoms with van der Waals surface area (Å²) in [6.07, 6.45) is 32.6. The van der Waals surface area contributed by atoms with Crippen LogP contribution in [0.2, 0.25) is 0 Å². The van der Waals surface area contributed by atoms with Crippen molar-refractivity contribution >= 4 is 17.9 Å². The quantitative estimate of drug-likeness (QED) is 0.0285. The number of unbranched alkanes of at least 4 members (excludes halogenated alkanes) is 6. The Morgan fingerprint density at radius 2 is 1.30 bits per heavy atom. The van der Waals surface area contributed by atoms with Gasteiger partial charge in [-0.3, -0.25) is 9.59 Å². The Kier molecular flexibility index (Phi) is 27.5. The summed E-state index contributed by atoms with van der Waals surface area (Å²) in [7, 11) is 5.35. The Hall–Kier alpha value is -2.97. The van der Waals surface area contributed by atoms with Crippen LogP contribution >= 0.6 is 0 Å². The van der Waals surface area contributed by atoms with Crippen molar-refractivity contribution in [1.82, 2.24) is 0 Å². The molecule has 46 heavy (non-hydrogen) atoms. The lowest BCUT2D eigenvalue weighted by Crippen LogP contribution is -2.55. The largest absolute Gasteiger partial charge is 0.544 e. The number of esters is 2. The third-order valence-corrected chi connectivity index (χ3v) is 7.17. The van der Waals surface area contributed by atoms with Crippen molar-refractivity contribution in [3.05, 3.63) is 60.8 Å². The lowest BCUT2D eigenvalue weighted by atomic mass is 10.1. The molecule has 2 unspecified atom stereocenters. The van der Waals surface area contributed by atoms with Gasteiger partial charge in [0.25, 0.3) is 0 Å². The van der Waals surface area contributed by atoms with Crippen LogP contribution in [0.4, 0.5) is 0 Å². The molecule has 262 valence electrons. The molecule has 0 aliphatic carbocycles. The number of carbonyl (C=O) groups is 3. The molecule has 0 aliphatic rings. The summed E-state index contributed by atoms with van der Waals surface area (Å²) in [5.41, 5.74) is 0. The molecule has 0 radical (unpaired) electrons. The zero-order chi connectivity index (χ0) is 34.3. The predicted molar refractivity (Wildman–Crippen MR) is 185 cm³/mol. The highest BCUT2D eigenvalue weighted by atomic mass is 16.6. The van der Waals surface area contributed by atoms with E-state index in [1.165, 1.54) is 12.8 Å². The first-order valence-corrected chi connectivity index (χ1v) is 17.3. The van der Waals surface area contributed by atoms with Crippen LogP contribution in [-0.4, -0.2) is 75.5 Å². The average molecular weight is 646 g/mol. The van der Waals surface area contributed by atoms with Crippen molar-refractivity contribution in [2.45, 2.75) is 122 Å². The molecular formula is C38H63NO7. The summed E-state index contributed by atoms with van der Waals surface area (Å²) in [4.78, 5) is 36.5. The number of hydrogen-bond acceptors (Lipinski definition) is 7. The van der Waals surface area contributed by atoms with Crippen LogP contribution in [-0.2, 0) is 28.6 Å². The van der Waals surface area contributed by atoms with Gasteiger partial charge in [0.15, 0.2) is 6.10 Å². The number of nitrogens with zero attached hydrogens (tertiary/aromatic N) is 1. The van der Waals surface area contributed by atoms with E-state index >= 15 is 0 Å². The van der Waals surface area contributed by atoms with Crippen molar-refractivity contribution in [3.63, 3.8) is 0 Å². The second-order valence-corrected chi connectivity index (χ2v) is 12.4. The van der Waals surface area contributed by atoms with Gasteiger partial charge in [0.1, 0.15) is 12.6 Å². The van der Waals surface area contributed by atoms with Gasteiger partial charge < -0.3 is 28.6 Å². The summed E-state index contributed by atoms with van der Waals surface area (Å²) in [6.45, 7) is 4.35. The predicted octanol–water partition coefficient (Wildman–Crippen LogP) is 6.96. The second kappa shape index (κ2) is 29.4. The monoisotopic (exact) mass is 645 g/mol. The number of aliphatic carboxylic acids is 1. The van der Waals surface area contributed by atoms with Crippen LogP contribution in [0.15, 0.2) is 60.8 Å². The Morgan fingerprint density at radius 1 is 0.696 bits per heavy atom. The van der Waals surface area contributed by atoms with Gasteiger partial charge in [-0.2, -0.15) is 0 Å². The number of carboxylic acid groups (broad SMARTS) is 1. The molecule has 0 aliphatic heterocycles. The van der Waals surface area contributed by atoms with E-state index in [4.69, 9.17) is 14.2 Å². The molecule has 8 heteroatoms. The van der Waals surface area contributed by atoms with Crippen molar-refractivity contribution in [3.8, 4) is 0 Å². The number of allylic oxidation sites excluding steroid dienone is 10. The topological polar surface area (TPSA) is 102 Å². The molecule has 0 aromatic carbocycles. The van der Waals surface area contributed by atoms with Gasteiger partial charge in [0.2, 0.25) is 0 Å². The molecule has 0 spiro atoms. The maximum atomic E-state index is 12.6. The zero-order valence-corrected chi connectivity index (χ0v) is 29.5. The van der Waals surface area contributed by atoms with Crippen LogP contribution < -0.4 is 5.11 Å². The summed E-state index contributed by atoms with van der Waals surface area (Å²) in [5.74, 6) is -1.86. The molecule has 2 atom stereocenters. The summed E-state index contributed by atoms with van der Waals surface area (Å²) in [5, 5.41) is 11.5. The smallest absolute Gasteiger partial charge is 0.306 e. The minimum atomic E-state index is -1.14. The summed E-state index contributed by atoms with van der Waals surface area (Å²) in [6, 6.07) is -0.737. The van der Waals surface area contributed by atoms with E-state index in [0.717, 1.165) is 51.4 Å². The molecule has 0 aromatic heterocycles. The number of hydrogen-bond donors (Lipinski definition) is 0. The van der Waals surface area contributed by atoms with E-state index in [1.54, 1.807) is 21.1 Å². The molecule has 8 nitrogen and oxygen atoms in total. The maximum Gasteiger partial charge on any atom is 0.306 e. The first-order chi connectivity index (χ1) is 22.1. The van der Waals surface area contributed by atoms with Gasteiger partial charge in [-0.15, -0.1) is 0 Å². The molecule has 0 fully saturated rings. The lowest BCUT2D eigenvalue weighted by molar-refractivity contribution is -0.889. The van der Waals surface area contributed by atoms with Crippen LogP contribution in [0.25, 0.3) is 0 Å². The number of carboxylic acids is 1. The number of carbonyl (C=O) groups excluding carboxylic acids is 3. The van der Waals surface area contributed by atoms with Crippen LogP contribution in [0.5, 0.6) is 0 Å². The van der Waals surface area contributed by atoms with Gasteiger partial charge in [0.05, 0.1) is 40.3 Å². The van der Waals surface area contributed by atoms with E-state index in [0.29, 0.717) is 12.8 Å². The van der Waals surface area contributed by atoms with Crippen molar-refractivity contribution in [2.24, 2.45) is 0 Å². The highest BCUT2D eigenvalue weighted by Gasteiger charge is 2.25. The number of likely N-dealkylation sites (N-methyl/N-ethyl adjacent to an activating group) is 1. The first-order valence-electron chi connectivity index (χ1n) is 17.3. The minimum absolute atomic E-state index is 0.0109. The lowest BCUT2D eigenvalue weighted by Gasteiger charge is -2.34. The second-order valence-electron chi connectivity index (χ2n) is 12.4. The van der Waals surface area contributed by atoms with Gasteiger partial charge in [-0.25, -0.2) is 0 Å². The van der Waals surface area contributed by atoms with E-state index in [2.05, 4.69) is 74.6 Å². The third kappa shape index (κ3) is 27.3. The maximum absolute atomic E-state index is 12.6. The van der Waals surface area contributed by atoms with Gasteiger partial charge >= 0.3 is 11.9 Å². The fourth-order valence-corrected chi connectivity index (χ4v) is 4.42. The van der Waals surface area contributed by atoms with Crippen LogP contribution in [0.3, 0.4) is 0 Å². The minimum Gasteiger partial charge on any atom is -0.544 e. The fraction of sp³-hybridized carbons (Fsp3) is 0.658. The van der Waals surface area contributed by atoms with Crippen LogP contribution in [0.1, 0.15) is 110 Å². The van der Waals surface area contributed by atoms with Crippen molar-refractivity contribution in [2.75, 3.05) is 41.0 Å². The molecule has 0 saturated carbocycles. The normalized spacial score (nSPS) is 13.8. The average Bonchev–Trinajstić information content (AvgIpc) is 3.00. The first kappa shape index (κ1) is 43.0. The molecule has 0 N–H and O–H groups in total. The number of rotatable bonds is 29. The molecule has 0 amide bonds. The molecule has 0 heterocycles. The SMILES string of the molecule is CC/C=C/C/C=C/C/C=C/CCCC(=O)OCC(COCCC(C(=O)[O-])[N+](C)(C)C)OC(=O)CCCCC/C=C/C=C/CCCC. The molecule has 0 bridgehead atoms. The van der Waals surface area contributed by atoms with E-state index in [9.17, 15) is 19.5 Å². The Balaban J connectivity index is 4.62. The number of ether oxygens (including phenoxy) is 3. The van der Waals surface area contributed by atoms with Gasteiger partial charge in [0, 0.05) is 19.3 Å². The van der Waals surface area contributed by atoms with E-state index in [1.807, 2.05) is 0 Å².